The van der Waals surface area contributed by atoms with E-state index in [2.05, 4.69) is 10.2 Å². The topological polar surface area (TPSA) is 58.4 Å². The second kappa shape index (κ2) is 7.13. The van der Waals surface area contributed by atoms with Crippen molar-refractivity contribution in [3.8, 4) is 0 Å². The first-order valence-electron chi connectivity index (χ1n) is 7.05. The van der Waals surface area contributed by atoms with Gasteiger partial charge in [0.1, 0.15) is 11.0 Å². The second-order valence-electron chi connectivity index (χ2n) is 5.04. The standard InChI is InChI=1S/C15H21N3OS2/c1-17-15(19)11-6-3-4-9-18(11)10-7-5-8-12(21-2)13(10)14(16)20/h5,7-8,11H,3-4,6,9H2,1-2H3,(H2,16,20)(H,17,19). The molecule has 0 spiro atoms. The van der Waals surface area contributed by atoms with Crippen LogP contribution in [-0.4, -0.2) is 36.8 Å². The molecule has 0 bridgehead atoms. The van der Waals surface area contributed by atoms with E-state index in [0.717, 1.165) is 42.0 Å². The zero-order chi connectivity index (χ0) is 15.4. The Morgan fingerprint density at radius 1 is 1.48 bits per heavy atom. The van der Waals surface area contributed by atoms with Crippen molar-refractivity contribution in [2.75, 3.05) is 24.7 Å². The average Bonchev–Trinajstić information content (AvgIpc) is 2.53. The summed E-state index contributed by atoms with van der Waals surface area (Å²) in [5.41, 5.74) is 7.80. The van der Waals surface area contributed by atoms with Crippen molar-refractivity contribution in [3.05, 3.63) is 23.8 Å². The maximum atomic E-state index is 12.2. The Balaban J connectivity index is 2.48. The summed E-state index contributed by atoms with van der Waals surface area (Å²) in [5.74, 6) is 0.0538. The number of thiocarbonyl (C=S) groups is 1. The van der Waals surface area contributed by atoms with Crippen LogP contribution in [0.5, 0.6) is 0 Å². The second-order valence-corrected chi connectivity index (χ2v) is 6.33. The monoisotopic (exact) mass is 323 g/mol. The molecule has 114 valence electrons. The molecule has 0 aliphatic carbocycles. The molecule has 1 unspecified atom stereocenters. The van der Waals surface area contributed by atoms with Crippen molar-refractivity contribution >= 4 is 40.6 Å². The van der Waals surface area contributed by atoms with Crippen LogP contribution in [0.15, 0.2) is 23.1 Å². The summed E-state index contributed by atoms with van der Waals surface area (Å²) in [7, 11) is 1.68. The minimum absolute atomic E-state index is 0.0538. The number of piperidine rings is 1. The van der Waals surface area contributed by atoms with E-state index in [-0.39, 0.29) is 11.9 Å². The fourth-order valence-corrected chi connectivity index (χ4v) is 3.75. The Labute approximate surface area is 135 Å². The molecule has 3 N–H and O–H groups in total. The first-order chi connectivity index (χ1) is 10.1. The van der Waals surface area contributed by atoms with Crippen LogP contribution < -0.4 is 16.0 Å². The van der Waals surface area contributed by atoms with Crippen molar-refractivity contribution in [1.82, 2.24) is 5.32 Å². The number of hydrogen-bond donors (Lipinski definition) is 2. The van der Waals surface area contributed by atoms with Crippen LogP contribution >= 0.6 is 24.0 Å². The molecule has 4 nitrogen and oxygen atoms in total. The lowest BCUT2D eigenvalue weighted by atomic mass is 9.99. The number of likely N-dealkylation sites (N-methyl/N-ethyl adjacent to an activating group) is 1. The van der Waals surface area contributed by atoms with Gasteiger partial charge in [-0.2, -0.15) is 0 Å². The van der Waals surface area contributed by atoms with Gasteiger partial charge in [-0.25, -0.2) is 0 Å². The minimum Gasteiger partial charge on any atom is -0.389 e. The molecule has 1 saturated heterocycles. The van der Waals surface area contributed by atoms with Crippen molar-refractivity contribution in [3.63, 3.8) is 0 Å². The largest absolute Gasteiger partial charge is 0.389 e. The Morgan fingerprint density at radius 2 is 2.24 bits per heavy atom. The van der Waals surface area contributed by atoms with Crippen LogP contribution in [0.1, 0.15) is 24.8 Å². The Bertz CT molecular complexity index is 548. The van der Waals surface area contributed by atoms with E-state index in [1.165, 1.54) is 0 Å². The fraction of sp³-hybridized carbons (Fsp3) is 0.467. The SMILES string of the molecule is CNC(=O)C1CCCCN1c1cccc(SC)c1C(N)=S. The van der Waals surface area contributed by atoms with Crippen LogP contribution in [0.3, 0.4) is 0 Å². The highest BCUT2D eigenvalue weighted by molar-refractivity contribution is 7.98. The van der Waals surface area contributed by atoms with E-state index in [4.69, 9.17) is 18.0 Å². The number of rotatable bonds is 4. The van der Waals surface area contributed by atoms with Crippen molar-refractivity contribution in [2.24, 2.45) is 5.73 Å². The molecule has 0 radical (unpaired) electrons. The van der Waals surface area contributed by atoms with Gasteiger partial charge < -0.3 is 16.0 Å². The Morgan fingerprint density at radius 3 is 2.86 bits per heavy atom. The third-order valence-electron chi connectivity index (χ3n) is 3.83. The molecule has 1 aliphatic heterocycles. The van der Waals surface area contributed by atoms with Gasteiger partial charge in [0, 0.05) is 29.7 Å². The van der Waals surface area contributed by atoms with E-state index >= 15 is 0 Å². The molecule has 6 heteroatoms. The highest BCUT2D eigenvalue weighted by atomic mass is 32.2. The van der Waals surface area contributed by atoms with Crippen LogP contribution in [0.25, 0.3) is 0 Å². The number of carbonyl (C=O) groups excluding carboxylic acids is 1. The number of thioether (sulfide) groups is 1. The summed E-state index contributed by atoms with van der Waals surface area (Å²) < 4.78 is 0. The molecule has 1 fully saturated rings. The summed E-state index contributed by atoms with van der Waals surface area (Å²) >= 11 is 6.87. The molecule has 0 saturated carbocycles. The van der Waals surface area contributed by atoms with Crippen LogP contribution in [0.2, 0.25) is 0 Å². The van der Waals surface area contributed by atoms with E-state index < -0.39 is 0 Å². The van der Waals surface area contributed by atoms with Gasteiger partial charge in [0.2, 0.25) is 5.91 Å². The number of hydrogen-bond acceptors (Lipinski definition) is 4. The number of amides is 1. The molecule has 1 amide bonds. The van der Waals surface area contributed by atoms with Gasteiger partial charge >= 0.3 is 0 Å². The summed E-state index contributed by atoms with van der Waals surface area (Å²) in [5, 5.41) is 2.76. The maximum absolute atomic E-state index is 12.2. The van der Waals surface area contributed by atoms with Gasteiger partial charge in [-0.05, 0) is 37.7 Å². The van der Waals surface area contributed by atoms with E-state index in [0.29, 0.717) is 4.99 Å². The molecular weight excluding hydrogens is 302 g/mol. The Kier molecular flexibility index (Phi) is 5.47. The molecule has 2 rings (SSSR count). The number of benzene rings is 1. The van der Waals surface area contributed by atoms with Gasteiger partial charge in [-0.3, -0.25) is 4.79 Å². The van der Waals surface area contributed by atoms with Crippen molar-refractivity contribution < 1.29 is 4.79 Å². The first kappa shape index (κ1) is 16.1. The molecule has 1 heterocycles. The summed E-state index contributed by atoms with van der Waals surface area (Å²) in [6.45, 7) is 0.853. The maximum Gasteiger partial charge on any atom is 0.242 e. The molecular formula is C15H21N3OS2. The minimum atomic E-state index is -0.144. The van der Waals surface area contributed by atoms with Gasteiger partial charge in [0.05, 0.1) is 0 Å². The number of nitrogens with zero attached hydrogens (tertiary/aromatic N) is 1. The number of anilines is 1. The highest BCUT2D eigenvalue weighted by Crippen LogP contribution is 2.33. The predicted molar refractivity (Wildman–Crippen MR) is 93.2 cm³/mol. The quantitative estimate of drug-likeness (QED) is 0.657. The van der Waals surface area contributed by atoms with Gasteiger partial charge in [-0.15, -0.1) is 11.8 Å². The van der Waals surface area contributed by atoms with Gasteiger partial charge in [0.25, 0.3) is 0 Å². The average molecular weight is 323 g/mol. The number of nitrogens with two attached hydrogens (primary N) is 1. The lowest BCUT2D eigenvalue weighted by Crippen LogP contribution is -2.49. The number of nitrogens with one attached hydrogen (secondary N) is 1. The zero-order valence-corrected chi connectivity index (χ0v) is 14.0. The molecule has 1 aromatic rings. The normalized spacial score (nSPS) is 18.4. The van der Waals surface area contributed by atoms with E-state index in [1.807, 2.05) is 24.5 Å². The van der Waals surface area contributed by atoms with Crippen molar-refractivity contribution in [1.29, 1.82) is 0 Å². The summed E-state index contributed by atoms with van der Waals surface area (Å²) in [6.07, 6.45) is 5.01. The van der Waals surface area contributed by atoms with Gasteiger partial charge in [0.15, 0.2) is 0 Å². The summed E-state index contributed by atoms with van der Waals surface area (Å²) in [4.78, 5) is 15.8. The predicted octanol–water partition coefficient (Wildman–Crippen LogP) is 2.15. The van der Waals surface area contributed by atoms with Crippen molar-refractivity contribution in [2.45, 2.75) is 30.2 Å². The van der Waals surface area contributed by atoms with Gasteiger partial charge in [-0.1, -0.05) is 18.3 Å². The van der Waals surface area contributed by atoms with E-state index in [1.54, 1.807) is 18.8 Å². The molecule has 1 atom stereocenters. The smallest absolute Gasteiger partial charge is 0.242 e. The third-order valence-corrected chi connectivity index (χ3v) is 4.82. The fourth-order valence-electron chi connectivity index (χ4n) is 2.84. The lowest BCUT2D eigenvalue weighted by molar-refractivity contribution is -0.122. The molecule has 21 heavy (non-hydrogen) atoms. The van der Waals surface area contributed by atoms with Crippen LogP contribution in [-0.2, 0) is 4.79 Å². The molecule has 1 aromatic carbocycles. The Hall–Kier alpha value is -1.27. The number of carbonyl (C=O) groups is 1. The molecule has 0 aromatic heterocycles. The third kappa shape index (κ3) is 3.32. The zero-order valence-electron chi connectivity index (χ0n) is 12.4. The van der Waals surface area contributed by atoms with E-state index in [9.17, 15) is 4.79 Å². The first-order valence-corrected chi connectivity index (χ1v) is 8.68. The highest BCUT2D eigenvalue weighted by Gasteiger charge is 2.30. The lowest BCUT2D eigenvalue weighted by Gasteiger charge is -2.37. The van der Waals surface area contributed by atoms with Crippen LogP contribution in [0, 0.1) is 0 Å². The van der Waals surface area contributed by atoms with Crippen LogP contribution in [0.4, 0.5) is 5.69 Å². The molecule has 1 aliphatic rings. The summed E-state index contributed by atoms with van der Waals surface area (Å²) in [6, 6.07) is 5.88.